The van der Waals surface area contributed by atoms with E-state index in [9.17, 15) is 18.0 Å². The van der Waals surface area contributed by atoms with Crippen molar-refractivity contribution >= 4 is 50.4 Å². The highest BCUT2D eigenvalue weighted by Crippen LogP contribution is 2.45. The highest BCUT2D eigenvalue weighted by molar-refractivity contribution is 5.94. The quantitative estimate of drug-likeness (QED) is 0.138. The second kappa shape index (κ2) is 20.9. The summed E-state index contributed by atoms with van der Waals surface area (Å²) in [5.74, 6) is 0.885. The molecule has 4 N–H and O–H groups in total. The van der Waals surface area contributed by atoms with Gasteiger partial charge in [-0.25, -0.2) is 34.3 Å². The summed E-state index contributed by atoms with van der Waals surface area (Å²) < 4.78 is 58.8. The first-order valence-corrected chi connectivity index (χ1v) is 27.6. The SMILES string of the molecule is Cc1cc(-c2ccccc2)nc2c(F)c(-c3nc(C4CC(N5CCN(C)CC5)C4)n4ccnc(N)c34)ccc12.Nc1nccn2c(C3CC(N4CCN(C(=O)C(F)(F)F)CC4)C3)nc(-c3ccc4ccc(-c5ccccc5)nc4c3)c12. The van der Waals surface area contributed by atoms with Crippen molar-refractivity contribution in [2.24, 2.45) is 0 Å². The van der Waals surface area contributed by atoms with E-state index >= 15 is 4.39 Å². The predicted molar refractivity (Wildman–Crippen MR) is 307 cm³/mol. The average Bonchev–Trinajstić information content (AvgIpc) is 3.70. The molecule has 4 aromatic carbocycles. The van der Waals surface area contributed by atoms with Crippen molar-refractivity contribution in [3.8, 4) is 45.0 Å². The Labute approximate surface area is 464 Å². The largest absolute Gasteiger partial charge is 0.471 e. The number of hydrogen-bond acceptors (Lipinski definition) is 12. The number of aryl methyl sites for hydroxylation is 1. The van der Waals surface area contributed by atoms with E-state index in [1.165, 1.54) is 0 Å². The smallest absolute Gasteiger partial charge is 0.382 e. The van der Waals surface area contributed by atoms with Crippen LogP contribution in [0.4, 0.5) is 29.2 Å². The number of nitrogen functional groups attached to an aromatic ring is 2. The van der Waals surface area contributed by atoms with Crippen molar-refractivity contribution in [2.75, 3.05) is 70.9 Å². The standard InChI is InChI=1S/C31H28F3N7O.C31H32FN7/c32-31(33,34)30(42)40-14-12-39(13-15-40)23-16-22(17-23)29-38-26(27-28(35)36-10-11-41(27)29)21-7-6-20-8-9-24(37-25(20)18-21)19-4-2-1-3-5-19;1-19-16-25(20-6-4-3-5-7-20)35-27-23(19)8-9-24(26(27)32)28-29-30(33)34-10-11-39(29)31(36-28)21-17-22(18-21)38-14-12-37(2)13-15-38/h1-11,18,22-23H,12-17H2,(H2,35,36);3-11,16,21-22H,12-15,17-18H2,1-2H3,(H2,33,34). The Morgan fingerprint density at radius 1 is 0.593 bits per heavy atom. The van der Waals surface area contributed by atoms with Gasteiger partial charge in [-0.2, -0.15) is 13.2 Å². The van der Waals surface area contributed by atoms with Crippen LogP contribution in [-0.4, -0.2) is 142 Å². The first-order chi connectivity index (χ1) is 39.2. The molecule has 6 aromatic heterocycles. The summed E-state index contributed by atoms with van der Waals surface area (Å²) in [6, 6.07) is 36.6. The van der Waals surface area contributed by atoms with Gasteiger partial charge in [-0.15, -0.1) is 0 Å². The van der Waals surface area contributed by atoms with E-state index in [0.29, 0.717) is 59.0 Å². The third kappa shape index (κ3) is 9.75. The number of amides is 1. The van der Waals surface area contributed by atoms with Gasteiger partial charge < -0.3 is 21.3 Å². The molecule has 8 heterocycles. The van der Waals surface area contributed by atoms with Gasteiger partial charge >= 0.3 is 12.1 Å². The second-order valence-electron chi connectivity index (χ2n) is 22.0. The molecule has 4 aliphatic rings. The first-order valence-electron chi connectivity index (χ1n) is 27.6. The minimum absolute atomic E-state index is 0.0835. The summed E-state index contributed by atoms with van der Waals surface area (Å²) in [4.78, 5) is 48.2. The molecular weight excluding hydrogens is 1030 g/mol. The Morgan fingerprint density at radius 3 is 1.73 bits per heavy atom. The number of halogens is 4. The number of pyridine rings is 2. The number of benzene rings is 4. The highest BCUT2D eigenvalue weighted by atomic mass is 19.4. The lowest BCUT2D eigenvalue weighted by Crippen LogP contribution is -2.56. The first kappa shape index (κ1) is 52.0. The zero-order chi connectivity index (χ0) is 55.7. The van der Waals surface area contributed by atoms with E-state index in [4.69, 9.17) is 31.4 Å². The van der Waals surface area contributed by atoms with Crippen molar-refractivity contribution in [1.29, 1.82) is 0 Å². The lowest BCUT2D eigenvalue weighted by atomic mass is 9.78. The summed E-state index contributed by atoms with van der Waals surface area (Å²) in [6.07, 6.45) is 6.05. The molecule has 10 aromatic rings. The van der Waals surface area contributed by atoms with Gasteiger partial charge in [0, 0.05) is 134 Å². The molecular formula is C62H60F4N14O. The van der Waals surface area contributed by atoms with Crippen molar-refractivity contribution < 1.29 is 22.4 Å². The molecule has 0 spiro atoms. The molecule has 2 saturated heterocycles. The minimum Gasteiger partial charge on any atom is -0.382 e. The van der Waals surface area contributed by atoms with Crippen LogP contribution in [-0.2, 0) is 4.79 Å². The van der Waals surface area contributed by atoms with Gasteiger partial charge in [-0.05, 0) is 69.5 Å². The zero-order valence-electron chi connectivity index (χ0n) is 44.9. The molecule has 2 aliphatic carbocycles. The van der Waals surface area contributed by atoms with Crippen LogP contribution in [0.25, 0.3) is 77.9 Å². The van der Waals surface area contributed by atoms with E-state index in [2.05, 4.69) is 37.8 Å². The molecule has 0 unspecified atom stereocenters. The topological polar surface area (TPSA) is 168 Å². The fraction of sp³-hybridized carbons (Fsp3) is 0.306. The fourth-order valence-electron chi connectivity index (χ4n) is 12.4. The Kier molecular flexibility index (Phi) is 13.4. The normalized spacial score (nSPS) is 20.1. The van der Waals surface area contributed by atoms with Crippen molar-refractivity contribution in [2.45, 2.75) is 62.7 Å². The molecule has 0 atom stereocenters. The van der Waals surface area contributed by atoms with Crippen molar-refractivity contribution in [1.82, 2.24) is 58.3 Å². The van der Waals surface area contributed by atoms with E-state index in [1.54, 1.807) is 18.5 Å². The van der Waals surface area contributed by atoms with Gasteiger partial charge in [0.2, 0.25) is 0 Å². The number of piperazine rings is 2. The highest BCUT2D eigenvalue weighted by Gasteiger charge is 2.45. The number of nitrogens with two attached hydrogens (primary N) is 2. The summed E-state index contributed by atoms with van der Waals surface area (Å²) in [7, 11) is 2.18. The number of carbonyl (C=O) groups excluding carboxylic acids is 1. The number of nitrogens with zero attached hydrogens (tertiary/aromatic N) is 12. The number of likely N-dealkylation sites (N-methyl/N-ethyl adjacent to an activating group) is 1. The van der Waals surface area contributed by atoms with Gasteiger partial charge in [0.15, 0.2) is 5.82 Å². The molecule has 412 valence electrons. The summed E-state index contributed by atoms with van der Waals surface area (Å²) >= 11 is 0. The van der Waals surface area contributed by atoms with E-state index in [1.807, 2.05) is 125 Å². The molecule has 19 heteroatoms. The Morgan fingerprint density at radius 2 is 1.14 bits per heavy atom. The van der Waals surface area contributed by atoms with Crippen LogP contribution < -0.4 is 11.5 Å². The zero-order valence-corrected chi connectivity index (χ0v) is 44.9. The van der Waals surface area contributed by atoms with Crippen LogP contribution in [0.2, 0.25) is 0 Å². The van der Waals surface area contributed by atoms with Crippen LogP contribution >= 0.6 is 0 Å². The van der Waals surface area contributed by atoms with Crippen LogP contribution in [0.5, 0.6) is 0 Å². The van der Waals surface area contributed by atoms with Crippen LogP contribution in [0.15, 0.2) is 134 Å². The van der Waals surface area contributed by atoms with E-state index in [0.717, 1.165) is 130 Å². The fourth-order valence-corrected chi connectivity index (χ4v) is 12.4. The van der Waals surface area contributed by atoms with E-state index < -0.39 is 12.1 Å². The summed E-state index contributed by atoms with van der Waals surface area (Å²) in [6.45, 7) is 7.46. The number of aromatic nitrogens is 8. The maximum absolute atomic E-state index is 16.3. The molecule has 2 saturated carbocycles. The molecule has 1 amide bonds. The van der Waals surface area contributed by atoms with Crippen molar-refractivity contribution in [3.63, 3.8) is 0 Å². The van der Waals surface area contributed by atoms with Crippen LogP contribution in [0, 0.1) is 12.7 Å². The Balaban J connectivity index is 0.000000153. The van der Waals surface area contributed by atoms with Gasteiger partial charge in [-0.3, -0.25) is 23.4 Å². The molecule has 4 fully saturated rings. The average molecular weight is 1090 g/mol. The number of carbonyl (C=O) groups is 1. The summed E-state index contributed by atoms with van der Waals surface area (Å²) in [5, 5.41) is 1.81. The van der Waals surface area contributed by atoms with Crippen LogP contribution in [0.1, 0.15) is 54.7 Å². The minimum atomic E-state index is -4.83. The van der Waals surface area contributed by atoms with Crippen molar-refractivity contribution in [3.05, 3.63) is 157 Å². The van der Waals surface area contributed by atoms with Crippen LogP contribution in [0.3, 0.4) is 0 Å². The maximum Gasteiger partial charge on any atom is 0.471 e. The Hall–Kier alpha value is -8.39. The molecule has 14 rings (SSSR count). The lowest BCUT2D eigenvalue weighted by Gasteiger charge is -2.46. The number of imidazole rings is 2. The third-order valence-corrected chi connectivity index (χ3v) is 17.1. The van der Waals surface area contributed by atoms with E-state index in [-0.39, 0.29) is 30.9 Å². The summed E-state index contributed by atoms with van der Waals surface area (Å²) in [5.41, 5.74) is 22.5. The molecule has 0 bridgehead atoms. The second-order valence-corrected chi connectivity index (χ2v) is 22.0. The molecule has 2 aliphatic heterocycles. The Bertz CT molecular complexity index is 3990. The lowest BCUT2D eigenvalue weighted by molar-refractivity contribution is -0.187. The monoisotopic (exact) mass is 1090 g/mol. The number of rotatable bonds is 8. The number of hydrogen-bond donors (Lipinski definition) is 2. The van der Waals surface area contributed by atoms with Gasteiger partial charge in [0.1, 0.15) is 51.2 Å². The molecule has 15 nitrogen and oxygen atoms in total. The maximum atomic E-state index is 16.3. The van der Waals surface area contributed by atoms with Gasteiger partial charge in [0.05, 0.1) is 16.9 Å². The number of anilines is 2. The molecule has 81 heavy (non-hydrogen) atoms. The van der Waals surface area contributed by atoms with Gasteiger partial charge in [0.25, 0.3) is 0 Å². The van der Waals surface area contributed by atoms with Gasteiger partial charge in [-0.1, -0.05) is 84.9 Å². The number of fused-ring (bicyclic) bond motifs is 4. The predicted octanol–water partition coefficient (Wildman–Crippen LogP) is 10.3. The third-order valence-electron chi connectivity index (χ3n) is 17.1. The molecule has 0 radical (unpaired) electrons. The number of alkyl halides is 3.